The summed E-state index contributed by atoms with van der Waals surface area (Å²) in [5, 5.41) is 10.3. The number of hydrogen-bond acceptors (Lipinski definition) is 4. The lowest BCUT2D eigenvalue weighted by atomic mass is 9.97. The van der Waals surface area contributed by atoms with Crippen molar-refractivity contribution < 1.29 is 13.5 Å². The van der Waals surface area contributed by atoms with Crippen molar-refractivity contribution in [3.8, 4) is 0 Å². The highest BCUT2D eigenvalue weighted by Gasteiger charge is 2.25. The Morgan fingerprint density at radius 2 is 2.00 bits per heavy atom. The summed E-state index contributed by atoms with van der Waals surface area (Å²) in [6.45, 7) is 1.57. The molecule has 22 heavy (non-hydrogen) atoms. The van der Waals surface area contributed by atoms with Crippen LogP contribution in [0.15, 0.2) is 47.9 Å². The van der Waals surface area contributed by atoms with Gasteiger partial charge in [-0.15, -0.1) is 0 Å². The maximum Gasteiger partial charge on any atom is 0.259 e. The Balaban J connectivity index is 1.91. The molecule has 0 unspecified atom stereocenters. The van der Waals surface area contributed by atoms with Crippen LogP contribution in [0.1, 0.15) is 18.9 Å². The zero-order chi connectivity index (χ0) is 16.2. The molecule has 2 rings (SSSR count). The van der Waals surface area contributed by atoms with Gasteiger partial charge < -0.3 is 9.67 Å². The van der Waals surface area contributed by atoms with E-state index in [1.165, 1.54) is 12.5 Å². The molecule has 120 valence electrons. The number of imidazole rings is 1. The van der Waals surface area contributed by atoms with E-state index in [9.17, 15) is 13.5 Å². The SMILES string of the molecule is Cn1cnc(S(=O)(=O)NC[C@](C)(O)CCc2ccccc2)c1. The van der Waals surface area contributed by atoms with Crippen molar-refractivity contribution in [1.82, 2.24) is 14.3 Å². The van der Waals surface area contributed by atoms with Gasteiger partial charge in [-0.25, -0.2) is 18.1 Å². The van der Waals surface area contributed by atoms with Crippen LogP contribution in [0.5, 0.6) is 0 Å². The Morgan fingerprint density at radius 3 is 2.59 bits per heavy atom. The molecule has 0 amide bonds. The first-order chi connectivity index (χ1) is 10.3. The van der Waals surface area contributed by atoms with Gasteiger partial charge in [0.2, 0.25) is 0 Å². The highest BCUT2D eigenvalue weighted by molar-refractivity contribution is 7.89. The second kappa shape index (κ2) is 6.60. The maximum atomic E-state index is 12.1. The fourth-order valence-electron chi connectivity index (χ4n) is 2.00. The average molecular weight is 323 g/mol. The number of aryl methyl sites for hydroxylation is 2. The van der Waals surface area contributed by atoms with Gasteiger partial charge in [0, 0.05) is 19.8 Å². The molecule has 0 aliphatic carbocycles. The summed E-state index contributed by atoms with van der Waals surface area (Å²) in [4.78, 5) is 3.81. The molecular formula is C15H21N3O3S. The van der Waals surface area contributed by atoms with Gasteiger partial charge in [-0.05, 0) is 25.3 Å². The third-order valence-corrected chi connectivity index (χ3v) is 4.68. The van der Waals surface area contributed by atoms with Gasteiger partial charge in [-0.1, -0.05) is 30.3 Å². The topological polar surface area (TPSA) is 84.2 Å². The smallest absolute Gasteiger partial charge is 0.259 e. The second-order valence-corrected chi connectivity index (χ2v) is 7.40. The monoisotopic (exact) mass is 323 g/mol. The van der Waals surface area contributed by atoms with Gasteiger partial charge in [-0.2, -0.15) is 0 Å². The number of nitrogens with zero attached hydrogens (tertiary/aromatic N) is 2. The number of hydrogen-bond donors (Lipinski definition) is 2. The molecule has 1 aromatic heterocycles. The van der Waals surface area contributed by atoms with Crippen LogP contribution < -0.4 is 4.72 Å². The molecule has 7 heteroatoms. The summed E-state index contributed by atoms with van der Waals surface area (Å²) < 4.78 is 28.1. The quantitative estimate of drug-likeness (QED) is 0.798. The summed E-state index contributed by atoms with van der Waals surface area (Å²) in [6.07, 6.45) is 3.98. The van der Waals surface area contributed by atoms with Crippen molar-refractivity contribution in [1.29, 1.82) is 0 Å². The molecule has 0 bridgehead atoms. The molecule has 1 heterocycles. The van der Waals surface area contributed by atoms with E-state index in [2.05, 4.69) is 9.71 Å². The Morgan fingerprint density at radius 1 is 1.32 bits per heavy atom. The molecule has 0 saturated carbocycles. The van der Waals surface area contributed by atoms with E-state index in [-0.39, 0.29) is 11.6 Å². The lowest BCUT2D eigenvalue weighted by Crippen LogP contribution is -2.41. The zero-order valence-electron chi connectivity index (χ0n) is 12.7. The lowest BCUT2D eigenvalue weighted by molar-refractivity contribution is 0.0565. The van der Waals surface area contributed by atoms with Crippen LogP contribution in [-0.4, -0.2) is 35.2 Å². The normalized spacial score (nSPS) is 14.7. The summed E-state index contributed by atoms with van der Waals surface area (Å²) in [6, 6.07) is 9.77. The van der Waals surface area contributed by atoms with Crippen molar-refractivity contribution in [2.75, 3.05) is 6.54 Å². The van der Waals surface area contributed by atoms with Crippen molar-refractivity contribution in [3.63, 3.8) is 0 Å². The number of aliphatic hydroxyl groups is 1. The van der Waals surface area contributed by atoms with E-state index in [4.69, 9.17) is 0 Å². The van der Waals surface area contributed by atoms with Crippen molar-refractivity contribution >= 4 is 10.0 Å². The predicted molar refractivity (Wildman–Crippen MR) is 83.8 cm³/mol. The molecule has 0 aliphatic heterocycles. The largest absolute Gasteiger partial charge is 0.389 e. The second-order valence-electron chi connectivity index (χ2n) is 5.68. The Labute approximate surface area is 130 Å². The molecule has 2 aromatic rings. The van der Waals surface area contributed by atoms with Crippen molar-refractivity contribution in [2.24, 2.45) is 7.05 Å². The van der Waals surface area contributed by atoms with Gasteiger partial charge in [-0.3, -0.25) is 0 Å². The first kappa shape index (κ1) is 16.7. The van der Waals surface area contributed by atoms with E-state index >= 15 is 0 Å². The van der Waals surface area contributed by atoms with Crippen LogP contribution in [0.25, 0.3) is 0 Å². The first-order valence-corrected chi connectivity index (χ1v) is 8.51. The molecule has 0 fully saturated rings. The van der Waals surface area contributed by atoms with Gasteiger partial charge in [0.25, 0.3) is 10.0 Å². The van der Waals surface area contributed by atoms with E-state index < -0.39 is 15.6 Å². The Kier molecular flexibility index (Phi) is 5.00. The van der Waals surface area contributed by atoms with Gasteiger partial charge >= 0.3 is 0 Å². The van der Waals surface area contributed by atoms with Crippen molar-refractivity contribution in [2.45, 2.75) is 30.4 Å². The Bertz CT molecular complexity index is 709. The predicted octanol–water partition coefficient (Wildman–Crippen LogP) is 1.08. The fraction of sp³-hybridized carbons (Fsp3) is 0.400. The van der Waals surface area contributed by atoms with Crippen molar-refractivity contribution in [3.05, 3.63) is 48.4 Å². The summed E-state index contributed by atoms with van der Waals surface area (Å²) >= 11 is 0. The van der Waals surface area contributed by atoms with E-state index in [0.717, 1.165) is 5.56 Å². The van der Waals surface area contributed by atoms with Crippen LogP contribution in [-0.2, 0) is 23.5 Å². The lowest BCUT2D eigenvalue weighted by Gasteiger charge is -2.23. The molecular weight excluding hydrogens is 302 g/mol. The minimum Gasteiger partial charge on any atom is -0.389 e. The fourth-order valence-corrected chi connectivity index (χ4v) is 3.14. The Hall–Kier alpha value is -1.70. The summed E-state index contributed by atoms with van der Waals surface area (Å²) in [5.74, 6) is 0. The van der Waals surface area contributed by atoms with Gasteiger partial charge in [0.1, 0.15) is 0 Å². The molecule has 6 nitrogen and oxygen atoms in total. The number of sulfonamides is 1. The standard InChI is InChI=1S/C15H21N3O3S/c1-15(19,9-8-13-6-4-3-5-7-13)11-17-22(20,21)14-10-18(2)12-16-14/h3-7,10,12,17,19H,8-9,11H2,1-2H3/t15-/m1/s1. The third kappa shape index (κ3) is 4.66. The van der Waals surface area contributed by atoms with E-state index in [1.54, 1.807) is 18.5 Å². The number of benzene rings is 1. The van der Waals surface area contributed by atoms with Gasteiger partial charge in [0.05, 0.1) is 11.9 Å². The highest BCUT2D eigenvalue weighted by atomic mass is 32.2. The molecule has 0 aliphatic rings. The minimum atomic E-state index is -3.70. The maximum absolute atomic E-state index is 12.1. The molecule has 0 radical (unpaired) electrons. The van der Waals surface area contributed by atoms with Crippen LogP contribution in [0.2, 0.25) is 0 Å². The summed E-state index contributed by atoms with van der Waals surface area (Å²) in [5.41, 5.74) is -0.0205. The van der Waals surface area contributed by atoms with Gasteiger partial charge in [0.15, 0.2) is 5.03 Å². The molecule has 0 spiro atoms. The van der Waals surface area contributed by atoms with Crippen LogP contribution >= 0.6 is 0 Å². The third-order valence-electron chi connectivity index (χ3n) is 3.39. The number of nitrogens with one attached hydrogen (secondary N) is 1. The number of rotatable bonds is 7. The zero-order valence-corrected chi connectivity index (χ0v) is 13.5. The van der Waals surface area contributed by atoms with Crippen LogP contribution in [0.4, 0.5) is 0 Å². The molecule has 0 saturated heterocycles. The first-order valence-electron chi connectivity index (χ1n) is 7.02. The minimum absolute atomic E-state index is 0.0474. The van der Waals surface area contributed by atoms with Crippen LogP contribution in [0.3, 0.4) is 0 Å². The van der Waals surface area contributed by atoms with E-state index in [0.29, 0.717) is 12.8 Å². The number of aromatic nitrogens is 2. The molecule has 2 N–H and O–H groups in total. The molecule has 1 atom stereocenters. The highest BCUT2D eigenvalue weighted by Crippen LogP contribution is 2.14. The summed E-state index contributed by atoms with van der Waals surface area (Å²) in [7, 11) is -2.00. The molecule has 1 aromatic carbocycles. The van der Waals surface area contributed by atoms with Crippen LogP contribution in [0, 0.1) is 0 Å². The average Bonchev–Trinajstić information content (AvgIpc) is 2.92. The van der Waals surface area contributed by atoms with E-state index in [1.807, 2.05) is 30.3 Å².